The highest BCUT2D eigenvalue weighted by Gasteiger charge is 2.14. The van der Waals surface area contributed by atoms with E-state index in [9.17, 15) is 4.79 Å². The Morgan fingerprint density at radius 3 is 2.69 bits per heavy atom. The molecule has 0 atom stereocenters. The molecule has 39 heavy (non-hydrogen) atoms. The van der Waals surface area contributed by atoms with E-state index < -0.39 is 6.09 Å². The van der Waals surface area contributed by atoms with Gasteiger partial charge in [0.15, 0.2) is 0 Å². The summed E-state index contributed by atoms with van der Waals surface area (Å²) in [6, 6.07) is 20.9. The van der Waals surface area contributed by atoms with Crippen LogP contribution in [0.25, 0.3) is 21.9 Å². The van der Waals surface area contributed by atoms with E-state index in [4.69, 9.17) is 25.5 Å². The van der Waals surface area contributed by atoms with Crippen LogP contribution in [0.3, 0.4) is 0 Å². The van der Waals surface area contributed by atoms with Gasteiger partial charge >= 0.3 is 6.09 Å². The average molecular weight is 544 g/mol. The summed E-state index contributed by atoms with van der Waals surface area (Å²) in [6.45, 7) is 3.78. The lowest BCUT2D eigenvalue weighted by atomic mass is 10.1. The number of nitrogens with one attached hydrogen (secondary N) is 2. The standard InChI is InChI=1S/C31H30ClN3O4/c32-23-9-12-29-25(17-23)22(20-38-29)19-37-28-6-4-5-27-26(28)18-30(34-27)39-31(36)33-24-10-7-21(8-11-24)13-16-35-14-2-1-3-15-35/h4-12,17-18,20,34H,1-3,13-16,19H2,(H,33,36). The van der Waals surface area contributed by atoms with Gasteiger partial charge in [0.2, 0.25) is 5.88 Å². The van der Waals surface area contributed by atoms with Crippen LogP contribution in [0.5, 0.6) is 11.6 Å². The fraction of sp³-hybridized carbons (Fsp3) is 0.258. The van der Waals surface area contributed by atoms with Crippen LogP contribution in [0.15, 0.2) is 77.4 Å². The van der Waals surface area contributed by atoms with Crippen LogP contribution in [-0.2, 0) is 13.0 Å². The number of fused-ring (bicyclic) bond motifs is 2. The lowest BCUT2D eigenvalue weighted by molar-refractivity contribution is 0.213. The third kappa shape index (κ3) is 6.05. The number of halogens is 1. The fourth-order valence-corrected chi connectivity index (χ4v) is 5.24. The lowest BCUT2D eigenvalue weighted by Crippen LogP contribution is -2.31. The number of hydrogen-bond acceptors (Lipinski definition) is 5. The zero-order valence-corrected chi connectivity index (χ0v) is 22.3. The van der Waals surface area contributed by atoms with E-state index in [1.54, 1.807) is 18.4 Å². The molecule has 1 fully saturated rings. The summed E-state index contributed by atoms with van der Waals surface area (Å²) >= 11 is 6.15. The molecule has 8 heteroatoms. The number of benzene rings is 3. The zero-order chi connectivity index (χ0) is 26.6. The second-order valence-corrected chi connectivity index (χ2v) is 10.3. The van der Waals surface area contributed by atoms with Gasteiger partial charge in [-0.2, -0.15) is 0 Å². The minimum Gasteiger partial charge on any atom is -0.488 e. The quantitative estimate of drug-likeness (QED) is 0.209. The topological polar surface area (TPSA) is 79.7 Å². The number of hydrogen-bond donors (Lipinski definition) is 2. The molecule has 6 rings (SSSR count). The SMILES string of the molecule is O=C(Nc1ccc(CCN2CCCCC2)cc1)Oc1cc2c(OCc3coc4ccc(Cl)cc34)cccc2[nH]1. The van der Waals surface area contributed by atoms with Gasteiger partial charge in [-0.25, -0.2) is 4.79 Å². The second kappa shape index (κ2) is 11.4. The predicted octanol–water partition coefficient (Wildman–Crippen LogP) is 7.79. The number of likely N-dealkylation sites (tertiary alicyclic amines) is 1. The molecule has 1 aliphatic heterocycles. The van der Waals surface area contributed by atoms with Gasteiger partial charge in [0, 0.05) is 39.7 Å². The van der Waals surface area contributed by atoms with E-state index in [1.807, 2.05) is 42.5 Å². The first-order valence-electron chi connectivity index (χ1n) is 13.3. The minimum absolute atomic E-state index is 0.308. The summed E-state index contributed by atoms with van der Waals surface area (Å²) in [7, 11) is 0. The monoisotopic (exact) mass is 543 g/mol. The molecular formula is C31H30ClN3O4. The molecule has 0 unspecified atom stereocenters. The summed E-state index contributed by atoms with van der Waals surface area (Å²) in [6.07, 6.45) is 6.07. The highest BCUT2D eigenvalue weighted by atomic mass is 35.5. The van der Waals surface area contributed by atoms with Gasteiger partial charge < -0.3 is 23.8 Å². The highest BCUT2D eigenvalue weighted by molar-refractivity contribution is 6.31. The number of aromatic nitrogens is 1. The van der Waals surface area contributed by atoms with E-state index in [0.29, 0.717) is 28.9 Å². The Hall–Kier alpha value is -3.94. The van der Waals surface area contributed by atoms with Crippen molar-refractivity contribution in [2.45, 2.75) is 32.3 Å². The number of nitrogens with zero attached hydrogens (tertiary/aromatic N) is 1. The first-order valence-corrected chi connectivity index (χ1v) is 13.7. The van der Waals surface area contributed by atoms with E-state index in [1.165, 1.54) is 37.9 Å². The number of piperidine rings is 1. The van der Waals surface area contributed by atoms with E-state index in [2.05, 4.69) is 27.3 Å². The van der Waals surface area contributed by atoms with Gasteiger partial charge in [-0.3, -0.25) is 5.32 Å². The number of carbonyl (C=O) groups is 1. The van der Waals surface area contributed by atoms with Crippen LogP contribution in [0.1, 0.15) is 30.4 Å². The Morgan fingerprint density at radius 1 is 1.00 bits per heavy atom. The minimum atomic E-state index is -0.563. The van der Waals surface area contributed by atoms with Crippen LogP contribution in [-0.4, -0.2) is 35.6 Å². The molecule has 200 valence electrons. The van der Waals surface area contributed by atoms with Crippen molar-refractivity contribution in [3.05, 3.63) is 89.1 Å². The molecule has 0 bridgehead atoms. The molecule has 0 aliphatic carbocycles. The number of ether oxygens (including phenoxy) is 2. The van der Waals surface area contributed by atoms with E-state index >= 15 is 0 Å². The van der Waals surface area contributed by atoms with E-state index in [0.717, 1.165) is 40.4 Å². The van der Waals surface area contributed by atoms with E-state index in [-0.39, 0.29) is 0 Å². The van der Waals surface area contributed by atoms with Crippen LogP contribution in [0.4, 0.5) is 10.5 Å². The van der Waals surface area contributed by atoms with Crippen LogP contribution < -0.4 is 14.8 Å². The molecule has 1 amide bonds. The van der Waals surface area contributed by atoms with Crippen molar-refractivity contribution >= 4 is 45.3 Å². The third-order valence-corrected chi connectivity index (χ3v) is 7.40. The molecule has 0 spiro atoms. The summed E-state index contributed by atoms with van der Waals surface area (Å²) in [5, 5.41) is 5.17. The molecule has 0 saturated carbocycles. The maximum Gasteiger partial charge on any atom is 0.418 e. The summed E-state index contributed by atoms with van der Waals surface area (Å²) in [4.78, 5) is 18.2. The van der Waals surface area contributed by atoms with Crippen molar-refractivity contribution in [1.29, 1.82) is 0 Å². The van der Waals surface area contributed by atoms with Gasteiger partial charge in [-0.15, -0.1) is 0 Å². The normalized spacial score (nSPS) is 14.1. The number of rotatable bonds is 8. The Bertz CT molecular complexity index is 1590. The maximum atomic E-state index is 12.6. The van der Waals surface area contributed by atoms with Crippen molar-refractivity contribution in [2.24, 2.45) is 0 Å². The number of aromatic amines is 1. The van der Waals surface area contributed by atoms with Gasteiger partial charge in [0.1, 0.15) is 17.9 Å². The van der Waals surface area contributed by atoms with Crippen molar-refractivity contribution in [2.75, 3.05) is 25.0 Å². The average Bonchev–Trinajstić information content (AvgIpc) is 3.55. The van der Waals surface area contributed by atoms with Gasteiger partial charge in [0.25, 0.3) is 0 Å². The van der Waals surface area contributed by atoms with Gasteiger partial charge in [-0.05, 0) is 80.4 Å². The number of amides is 1. The smallest absolute Gasteiger partial charge is 0.418 e. The molecule has 2 aromatic heterocycles. The summed E-state index contributed by atoms with van der Waals surface area (Å²) in [5.74, 6) is 0.993. The molecule has 5 aromatic rings. The first-order chi connectivity index (χ1) is 19.1. The maximum absolute atomic E-state index is 12.6. The first kappa shape index (κ1) is 25.3. The molecule has 1 saturated heterocycles. The molecule has 3 aromatic carbocycles. The second-order valence-electron chi connectivity index (χ2n) is 9.90. The van der Waals surface area contributed by atoms with Gasteiger partial charge in [-0.1, -0.05) is 36.2 Å². The van der Waals surface area contributed by atoms with Crippen molar-refractivity contribution in [3.63, 3.8) is 0 Å². The Balaban J connectivity index is 1.06. The molecule has 0 radical (unpaired) electrons. The highest BCUT2D eigenvalue weighted by Crippen LogP contribution is 2.31. The number of furan rings is 1. The van der Waals surface area contributed by atoms with Crippen molar-refractivity contribution in [3.8, 4) is 11.6 Å². The third-order valence-electron chi connectivity index (χ3n) is 7.17. The van der Waals surface area contributed by atoms with Gasteiger partial charge in [0.05, 0.1) is 11.8 Å². The Morgan fingerprint density at radius 2 is 1.85 bits per heavy atom. The molecular weight excluding hydrogens is 514 g/mol. The van der Waals surface area contributed by atoms with Crippen LogP contribution in [0.2, 0.25) is 5.02 Å². The summed E-state index contributed by atoms with van der Waals surface area (Å²) in [5.41, 5.74) is 4.40. The number of anilines is 1. The molecule has 1 aliphatic rings. The Labute approximate surface area is 231 Å². The van der Waals surface area contributed by atoms with Crippen LogP contribution >= 0.6 is 11.6 Å². The number of H-pyrrole nitrogens is 1. The lowest BCUT2D eigenvalue weighted by Gasteiger charge is -2.26. The fourth-order valence-electron chi connectivity index (χ4n) is 5.07. The Kier molecular flexibility index (Phi) is 7.43. The molecule has 7 nitrogen and oxygen atoms in total. The van der Waals surface area contributed by atoms with Crippen LogP contribution in [0, 0.1) is 0 Å². The zero-order valence-electron chi connectivity index (χ0n) is 21.5. The van der Waals surface area contributed by atoms with Crippen molar-refractivity contribution in [1.82, 2.24) is 9.88 Å². The molecule has 3 heterocycles. The van der Waals surface area contributed by atoms with Crippen molar-refractivity contribution < 1.29 is 18.7 Å². The molecule has 2 N–H and O–H groups in total. The summed E-state index contributed by atoms with van der Waals surface area (Å²) < 4.78 is 17.3. The predicted molar refractivity (Wildman–Crippen MR) is 154 cm³/mol. The number of carbonyl (C=O) groups excluding carboxylic acids is 1. The largest absolute Gasteiger partial charge is 0.488 e.